The summed E-state index contributed by atoms with van der Waals surface area (Å²) in [7, 11) is 0. The minimum absolute atomic E-state index is 0. The highest BCUT2D eigenvalue weighted by Gasteiger charge is 2.19. The maximum absolute atomic E-state index is 4.76. The largest absolute Gasteiger partial charge is 0.387 e. The first kappa shape index (κ1) is 33.3. The van der Waals surface area contributed by atoms with Crippen LogP contribution in [0.15, 0.2) is 120 Å². The zero-order valence-electron chi connectivity index (χ0n) is 26.7. The number of nitrogens with zero attached hydrogens (tertiary/aromatic N) is 1. The van der Waals surface area contributed by atoms with Crippen molar-refractivity contribution < 1.29 is 0 Å². The van der Waals surface area contributed by atoms with Crippen molar-refractivity contribution in [1.29, 1.82) is 0 Å². The van der Waals surface area contributed by atoms with Crippen LogP contribution in [-0.4, -0.2) is 19.1 Å². The van der Waals surface area contributed by atoms with Crippen LogP contribution >= 0.6 is 0 Å². The van der Waals surface area contributed by atoms with Gasteiger partial charge in [-0.05, 0) is 115 Å². The Labute approximate surface area is 270 Å². The molecule has 232 valence electrons. The van der Waals surface area contributed by atoms with Gasteiger partial charge in [-0.3, -0.25) is 4.99 Å². The summed E-state index contributed by atoms with van der Waals surface area (Å²) in [6.07, 6.45) is 9.56. The second-order valence-electron chi connectivity index (χ2n) is 11.6. The molecule has 0 amide bonds. The van der Waals surface area contributed by atoms with Crippen LogP contribution < -0.4 is 21.2 Å². The van der Waals surface area contributed by atoms with Gasteiger partial charge in [0.15, 0.2) is 0 Å². The van der Waals surface area contributed by atoms with E-state index >= 15 is 0 Å². The average molecular weight is 596 g/mol. The van der Waals surface area contributed by atoms with Crippen LogP contribution in [0.2, 0.25) is 0 Å². The lowest BCUT2D eigenvalue weighted by Crippen LogP contribution is -2.36. The summed E-state index contributed by atoms with van der Waals surface area (Å²) in [6.45, 7) is 14.9. The lowest BCUT2D eigenvalue weighted by Gasteiger charge is -2.27. The van der Waals surface area contributed by atoms with Gasteiger partial charge in [0.2, 0.25) is 0 Å². The van der Waals surface area contributed by atoms with Gasteiger partial charge in [0.05, 0.1) is 11.4 Å². The highest BCUT2D eigenvalue weighted by Crippen LogP contribution is 2.27. The molecule has 4 aromatic carbocycles. The lowest BCUT2D eigenvalue weighted by atomic mass is 9.93. The second-order valence-corrected chi connectivity index (χ2v) is 11.6. The summed E-state index contributed by atoms with van der Waals surface area (Å²) in [4.78, 5) is 4.76. The molecule has 45 heavy (non-hydrogen) atoms. The fourth-order valence-electron chi connectivity index (χ4n) is 6.12. The predicted molar refractivity (Wildman–Crippen MR) is 195 cm³/mol. The van der Waals surface area contributed by atoms with Gasteiger partial charge in [0.1, 0.15) is 0 Å². The van der Waals surface area contributed by atoms with E-state index in [4.69, 9.17) is 4.99 Å². The summed E-state index contributed by atoms with van der Waals surface area (Å²) < 4.78 is 0. The van der Waals surface area contributed by atoms with Crippen LogP contribution in [0, 0.1) is 13.8 Å². The van der Waals surface area contributed by atoms with Crippen molar-refractivity contribution in [3.05, 3.63) is 154 Å². The maximum atomic E-state index is 4.76. The van der Waals surface area contributed by atoms with Crippen LogP contribution in [0.25, 0.3) is 28.5 Å². The molecule has 0 fully saturated rings. The van der Waals surface area contributed by atoms with Gasteiger partial charge in [-0.1, -0.05) is 105 Å². The molecular formula is C42H49N3. The molecule has 1 aliphatic heterocycles. The van der Waals surface area contributed by atoms with Crippen LogP contribution in [0.1, 0.15) is 61.9 Å². The molecule has 2 N–H and O–H groups in total. The highest BCUT2D eigenvalue weighted by atomic mass is 15.0. The molecule has 0 bridgehead atoms. The molecule has 0 radical (unpaired) electrons. The Balaban J connectivity index is 0.00000461. The summed E-state index contributed by atoms with van der Waals surface area (Å²) >= 11 is 0. The molecule has 0 aliphatic carbocycles. The average Bonchev–Trinajstić information content (AvgIpc) is 3.06. The van der Waals surface area contributed by atoms with Crippen molar-refractivity contribution in [3.8, 4) is 11.1 Å². The van der Waals surface area contributed by atoms with E-state index in [9.17, 15) is 0 Å². The lowest BCUT2D eigenvalue weighted by molar-refractivity contribution is 0.619. The van der Waals surface area contributed by atoms with E-state index < -0.39 is 0 Å². The Morgan fingerprint density at radius 2 is 1.64 bits per heavy atom. The van der Waals surface area contributed by atoms with Gasteiger partial charge < -0.3 is 10.6 Å². The first-order valence-electron chi connectivity index (χ1n) is 15.8. The van der Waals surface area contributed by atoms with E-state index in [1.165, 1.54) is 49.9 Å². The van der Waals surface area contributed by atoms with Crippen molar-refractivity contribution in [2.75, 3.05) is 13.1 Å². The van der Waals surface area contributed by atoms with Crippen molar-refractivity contribution in [1.82, 2.24) is 10.6 Å². The number of allylic oxidation sites excluding steroid dienone is 2. The monoisotopic (exact) mass is 595 g/mol. The van der Waals surface area contributed by atoms with Gasteiger partial charge in [0.25, 0.3) is 0 Å². The van der Waals surface area contributed by atoms with Crippen molar-refractivity contribution >= 4 is 17.3 Å². The number of rotatable bonds is 12. The van der Waals surface area contributed by atoms with E-state index in [2.05, 4.69) is 154 Å². The van der Waals surface area contributed by atoms with E-state index in [0.29, 0.717) is 0 Å². The summed E-state index contributed by atoms with van der Waals surface area (Å²) in [5, 5.41) is 9.98. The first-order chi connectivity index (χ1) is 21.5. The van der Waals surface area contributed by atoms with Gasteiger partial charge in [-0.25, -0.2) is 0 Å². The minimum atomic E-state index is 0. The van der Waals surface area contributed by atoms with E-state index in [0.717, 1.165) is 49.0 Å². The molecule has 4 aromatic rings. The van der Waals surface area contributed by atoms with Crippen molar-refractivity contribution in [2.45, 2.75) is 60.4 Å². The SMILES string of the molecule is C.C=C(NC(C/C(=C/C)c1ccccc1C)/C(=C/C)NCCc1ccccc1)c1cccc(-c2cc(C)c3c(c2)=CCCN=3)c1. The molecule has 0 saturated carbocycles. The summed E-state index contributed by atoms with van der Waals surface area (Å²) in [5.74, 6) is 0. The zero-order chi connectivity index (χ0) is 30.9. The van der Waals surface area contributed by atoms with Crippen LogP contribution in [-0.2, 0) is 6.42 Å². The van der Waals surface area contributed by atoms with Gasteiger partial charge >= 0.3 is 0 Å². The van der Waals surface area contributed by atoms with E-state index in [1.54, 1.807) is 0 Å². The van der Waals surface area contributed by atoms with E-state index in [-0.39, 0.29) is 13.5 Å². The Hall–Kier alpha value is -4.63. The Kier molecular flexibility index (Phi) is 11.8. The first-order valence-corrected chi connectivity index (χ1v) is 15.8. The molecule has 3 nitrogen and oxygen atoms in total. The van der Waals surface area contributed by atoms with Crippen LogP contribution in [0.3, 0.4) is 0 Å². The number of benzene rings is 4. The Bertz CT molecular complexity index is 1790. The van der Waals surface area contributed by atoms with Gasteiger partial charge in [0, 0.05) is 24.5 Å². The molecule has 5 rings (SSSR count). The topological polar surface area (TPSA) is 36.4 Å². The van der Waals surface area contributed by atoms with Gasteiger partial charge in [-0.2, -0.15) is 0 Å². The van der Waals surface area contributed by atoms with E-state index in [1.807, 2.05) is 0 Å². The summed E-state index contributed by atoms with van der Waals surface area (Å²) in [6, 6.07) is 32.6. The smallest absolute Gasteiger partial charge is 0.0696 e. The maximum Gasteiger partial charge on any atom is 0.0696 e. The van der Waals surface area contributed by atoms with Crippen molar-refractivity contribution in [3.63, 3.8) is 0 Å². The van der Waals surface area contributed by atoms with Crippen LogP contribution in [0.4, 0.5) is 0 Å². The van der Waals surface area contributed by atoms with Gasteiger partial charge in [-0.15, -0.1) is 0 Å². The Morgan fingerprint density at radius 3 is 2.40 bits per heavy atom. The third kappa shape index (κ3) is 8.30. The third-order valence-corrected chi connectivity index (χ3v) is 8.52. The molecule has 1 atom stereocenters. The normalized spacial score (nSPS) is 13.4. The minimum Gasteiger partial charge on any atom is -0.387 e. The Morgan fingerprint density at radius 1 is 0.867 bits per heavy atom. The standard InChI is InChI=1S/C41H45N3.CH4/c1-6-33(38-21-12-11-15-29(38)3)28-40(39(7-2)42-24-22-32-16-9-8-10-17-32)44-31(5)34-18-13-19-35(26-34)37-25-30(4)41-36(27-37)20-14-23-43-41;/h6-13,15-21,25-27,40,42,44H,5,14,22-24,28H2,1-4H3;1H4/b33-6-,39-7-;. The molecule has 0 spiro atoms. The fourth-order valence-corrected chi connectivity index (χ4v) is 6.12. The molecular weight excluding hydrogens is 546 g/mol. The molecule has 1 heterocycles. The number of hydrogen-bond acceptors (Lipinski definition) is 3. The quantitative estimate of drug-likeness (QED) is 0.172. The molecule has 1 aliphatic rings. The van der Waals surface area contributed by atoms with Crippen LogP contribution in [0.5, 0.6) is 0 Å². The number of aryl methyl sites for hydroxylation is 2. The second kappa shape index (κ2) is 15.9. The number of nitrogens with one attached hydrogen (secondary N) is 2. The summed E-state index contributed by atoms with van der Waals surface area (Å²) in [5.41, 5.74) is 12.0. The molecule has 0 saturated heterocycles. The highest BCUT2D eigenvalue weighted by molar-refractivity contribution is 5.73. The molecule has 3 heteroatoms. The fraction of sp³-hybridized carbons (Fsp3) is 0.262. The van der Waals surface area contributed by atoms with Crippen molar-refractivity contribution in [2.24, 2.45) is 4.99 Å². The predicted octanol–water partition coefficient (Wildman–Crippen LogP) is 8.57. The number of fused-ring (bicyclic) bond motifs is 1. The molecule has 0 aromatic heterocycles. The zero-order valence-corrected chi connectivity index (χ0v) is 26.7. The number of hydrogen-bond donors (Lipinski definition) is 2. The third-order valence-electron chi connectivity index (χ3n) is 8.52. The molecule has 1 unspecified atom stereocenters.